The molecule has 0 amide bonds. The van der Waals surface area contributed by atoms with Crippen molar-refractivity contribution in [3.05, 3.63) is 29.3 Å². The van der Waals surface area contributed by atoms with Gasteiger partial charge in [-0.15, -0.1) is 0 Å². The van der Waals surface area contributed by atoms with Gasteiger partial charge in [-0.1, -0.05) is 0 Å². The number of carbonyl (C=O) groups excluding carboxylic acids is 1. The van der Waals surface area contributed by atoms with Crippen LogP contribution in [-0.4, -0.2) is 24.3 Å². The number of aromatic hydroxyl groups is 1. The summed E-state index contributed by atoms with van der Waals surface area (Å²) >= 11 is 0. The zero-order valence-corrected chi connectivity index (χ0v) is 8.90. The molecule has 2 rings (SSSR count). The Morgan fingerprint density at radius 1 is 1.56 bits per heavy atom. The number of hydrogen-bond acceptors (Lipinski definition) is 4. The van der Waals surface area contributed by atoms with Gasteiger partial charge in [0.25, 0.3) is 0 Å². The summed E-state index contributed by atoms with van der Waals surface area (Å²) in [5, 5.41) is 9.26. The zero-order valence-electron chi connectivity index (χ0n) is 8.90. The Kier molecular flexibility index (Phi) is 2.81. The molecule has 16 heavy (non-hydrogen) atoms. The lowest BCUT2D eigenvalue weighted by atomic mass is 10.1. The maximum atomic E-state index is 11.5. The lowest BCUT2D eigenvalue weighted by Crippen LogP contribution is -2.17. The van der Waals surface area contributed by atoms with Crippen molar-refractivity contribution in [1.82, 2.24) is 0 Å². The van der Waals surface area contributed by atoms with Crippen LogP contribution in [0.5, 0.6) is 11.5 Å². The van der Waals surface area contributed by atoms with E-state index < -0.39 is 0 Å². The first-order valence-corrected chi connectivity index (χ1v) is 5.04. The van der Waals surface area contributed by atoms with Crippen LogP contribution in [0.1, 0.15) is 12.5 Å². The van der Waals surface area contributed by atoms with E-state index in [9.17, 15) is 9.90 Å². The van der Waals surface area contributed by atoms with Gasteiger partial charge in [0.05, 0.1) is 12.2 Å². The molecule has 0 atom stereocenters. The zero-order chi connectivity index (χ0) is 11.5. The second-order valence-electron chi connectivity index (χ2n) is 3.40. The maximum Gasteiger partial charge on any atom is 0.337 e. The molecule has 0 bridgehead atoms. The third-order valence-electron chi connectivity index (χ3n) is 2.25. The Bertz CT molecular complexity index is 448. The van der Waals surface area contributed by atoms with Crippen LogP contribution < -0.4 is 4.74 Å². The first kappa shape index (κ1) is 10.5. The minimum Gasteiger partial charge on any atom is -0.508 e. The van der Waals surface area contributed by atoms with Gasteiger partial charge in [-0.3, -0.25) is 0 Å². The summed E-state index contributed by atoms with van der Waals surface area (Å²) in [6.45, 7) is 2.28. The monoisotopic (exact) mass is 220 g/mol. The molecular formula is C12H12O4. The first-order chi connectivity index (χ1) is 7.70. The van der Waals surface area contributed by atoms with Crippen molar-refractivity contribution in [2.45, 2.75) is 6.92 Å². The van der Waals surface area contributed by atoms with Crippen molar-refractivity contribution >= 4 is 12.0 Å². The van der Waals surface area contributed by atoms with E-state index in [1.54, 1.807) is 25.1 Å². The highest BCUT2D eigenvalue weighted by Gasteiger charge is 2.18. The van der Waals surface area contributed by atoms with Crippen molar-refractivity contribution in [1.29, 1.82) is 0 Å². The smallest absolute Gasteiger partial charge is 0.337 e. The topological polar surface area (TPSA) is 55.8 Å². The van der Waals surface area contributed by atoms with E-state index in [1.165, 1.54) is 6.07 Å². The predicted octanol–water partition coefficient (Wildman–Crippen LogP) is 1.73. The molecule has 1 heterocycles. The number of hydrogen-bond donors (Lipinski definition) is 1. The van der Waals surface area contributed by atoms with Gasteiger partial charge in [0.1, 0.15) is 18.1 Å². The Morgan fingerprint density at radius 2 is 2.38 bits per heavy atom. The van der Waals surface area contributed by atoms with E-state index in [0.717, 1.165) is 5.56 Å². The number of ether oxygens (including phenoxy) is 2. The molecule has 0 aromatic heterocycles. The molecular weight excluding hydrogens is 208 g/mol. The summed E-state index contributed by atoms with van der Waals surface area (Å²) in [6.07, 6.45) is 1.72. The third kappa shape index (κ3) is 2.00. The summed E-state index contributed by atoms with van der Waals surface area (Å²) in [4.78, 5) is 11.5. The highest BCUT2D eigenvalue weighted by Crippen LogP contribution is 2.29. The van der Waals surface area contributed by atoms with Crippen LogP contribution in [0.2, 0.25) is 0 Å². The van der Waals surface area contributed by atoms with Gasteiger partial charge in [0, 0.05) is 11.6 Å². The molecule has 4 heteroatoms. The third-order valence-corrected chi connectivity index (χ3v) is 2.25. The molecule has 4 nitrogen and oxygen atoms in total. The molecule has 0 saturated heterocycles. The van der Waals surface area contributed by atoms with Crippen molar-refractivity contribution in [3.8, 4) is 11.5 Å². The van der Waals surface area contributed by atoms with E-state index in [2.05, 4.69) is 0 Å². The van der Waals surface area contributed by atoms with Gasteiger partial charge in [0.2, 0.25) is 0 Å². The van der Waals surface area contributed by atoms with Gasteiger partial charge in [-0.2, -0.15) is 0 Å². The van der Waals surface area contributed by atoms with E-state index in [1.807, 2.05) is 0 Å². The van der Waals surface area contributed by atoms with Crippen LogP contribution in [0.15, 0.2) is 23.8 Å². The molecule has 1 N–H and O–H groups in total. The fourth-order valence-electron chi connectivity index (χ4n) is 1.49. The molecule has 0 fully saturated rings. The number of carbonyl (C=O) groups is 1. The van der Waals surface area contributed by atoms with E-state index in [-0.39, 0.29) is 18.3 Å². The molecule has 1 aromatic carbocycles. The second-order valence-corrected chi connectivity index (χ2v) is 3.40. The average molecular weight is 220 g/mol. The number of fused-ring (bicyclic) bond motifs is 1. The minimum atomic E-state index is -0.360. The largest absolute Gasteiger partial charge is 0.508 e. The van der Waals surface area contributed by atoms with Crippen molar-refractivity contribution < 1.29 is 19.4 Å². The molecule has 1 aliphatic rings. The summed E-state index contributed by atoms with van der Waals surface area (Å²) < 4.78 is 10.2. The Hall–Kier alpha value is -1.97. The molecule has 0 saturated carbocycles. The first-order valence-electron chi connectivity index (χ1n) is 5.04. The summed E-state index contributed by atoms with van der Waals surface area (Å²) in [7, 11) is 0. The van der Waals surface area contributed by atoms with Crippen LogP contribution in [0.4, 0.5) is 0 Å². The van der Waals surface area contributed by atoms with Gasteiger partial charge in [0.15, 0.2) is 0 Å². The maximum absolute atomic E-state index is 11.5. The number of rotatable bonds is 2. The molecule has 0 unspecified atom stereocenters. The van der Waals surface area contributed by atoms with Gasteiger partial charge in [-0.05, 0) is 25.1 Å². The minimum absolute atomic E-state index is 0.145. The predicted molar refractivity (Wildman–Crippen MR) is 58.2 cm³/mol. The molecule has 1 aliphatic heterocycles. The Balaban J connectivity index is 2.28. The van der Waals surface area contributed by atoms with Gasteiger partial charge in [-0.25, -0.2) is 4.79 Å². The van der Waals surface area contributed by atoms with Crippen LogP contribution in [0.3, 0.4) is 0 Å². The fourth-order valence-corrected chi connectivity index (χ4v) is 1.49. The van der Waals surface area contributed by atoms with E-state index in [4.69, 9.17) is 9.47 Å². The van der Waals surface area contributed by atoms with Gasteiger partial charge >= 0.3 is 5.97 Å². The summed E-state index contributed by atoms with van der Waals surface area (Å²) in [5.74, 6) is 0.362. The fraction of sp³-hybridized carbons (Fsp3) is 0.250. The summed E-state index contributed by atoms with van der Waals surface area (Å²) in [5.41, 5.74) is 1.26. The average Bonchev–Trinajstić information content (AvgIpc) is 2.28. The van der Waals surface area contributed by atoms with Crippen molar-refractivity contribution in [2.24, 2.45) is 0 Å². The van der Waals surface area contributed by atoms with Crippen molar-refractivity contribution in [2.75, 3.05) is 13.2 Å². The number of benzene rings is 1. The molecule has 0 aliphatic carbocycles. The molecule has 1 aromatic rings. The van der Waals surface area contributed by atoms with E-state index in [0.29, 0.717) is 17.9 Å². The lowest BCUT2D eigenvalue weighted by molar-refractivity contribution is -0.138. The van der Waals surface area contributed by atoms with Crippen LogP contribution in [0, 0.1) is 0 Å². The quantitative estimate of drug-likeness (QED) is 0.771. The Morgan fingerprint density at radius 3 is 3.12 bits per heavy atom. The number of esters is 1. The molecule has 84 valence electrons. The summed E-state index contributed by atoms with van der Waals surface area (Å²) in [6, 6.07) is 4.77. The number of phenolic OH excluding ortho intramolecular Hbond substituents is 1. The molecule has 0 spiro atoms. The van der Waals surface area contributed by atoms with Crippen LogP contribution in [-0.2, 0) is 9.53 Å². The van der Waals surface area contributed by atoms with Crippen LogP contribution >= 0.6 is 0 Å². The van der Waals surface area contributed by atoms with E-state index >= 15 is 0 Å². The van der Waals surface area contributed by atoms with Crippen molar-refractivity contribution in [3.63, 3.8) is 0 Å². The van der Waals surface area contributed by atoms with Crippen LogP contribution in [0.25, 0.3) is 6.08 Å². The highest BCUT2D eigenvalue weighted by molar-refractivity contribution is 5.95. The standard InChI is InChI=1S/C12H12O4/c1-2-15-12(14)9-5-8-3-4-10(13)6-11(8)16-7-9/h3-6,13H,2,7H2,1H3. The second kappa shape index (κ2) is 4.26. The SMILES string of the molecule is CCOC(=O)C1=Cc2ccc(O)cc2OC1. The highest BCUT2D eigenvalue weighted by atomic mass is 16.5. The van der Waals surface area contributed by atoms with Gasteiger partial charge < -0.3 is 14.6 Å². The normalized spacial score (nSPS) is 13.4. The molecule has 0 radical (unpaired) electrons. The Labute approximate surface area is 93.1 Å². The lowest BCUT2D eigenvalue weighted by Gasteiger charge is -2.16. The number of phenols is 1.